The Hall–Kier alpha value is -1.42. The highest BCUT2D eigenvalue weighted by Crippen LogP contribution is 2.33. The molecular weight excluding hydrogens is 233 g/mol. The first-order valence-corrected chi connectivity index (χ1v) is 6.35. The molecule has 0 bridgehead atoms. The summed E-state index contributed by atoms with van der Waals surface area (Å²) in [6.45, 7) is 1.78. The molecule has 2 N–H and O–H groups in total. The predicted octanol–water partition coefficient (Wildman–Crippen LogP) is 2.38. The van der Waals surface area contributed by atoms with E-state index in [0.29, 0.717) is 18.3 Å². The average molecular weight is 251 g/mol. The smallest absolute Gasteiger partial charge is 0.303 e. The minimum Gasteiger partial charge on any atom is -0.481 e. The summed E-state index contributed by atoms with van der Waals surface area (Å²) in [7, 11) is 0. The summed E-state index contributed by atoms with van der Waals surface area (Å²) in [6, 6.07) is 6.59. The van der Waals surface area contributed by atoms with Crippen LogP contribution in [-0.4, -0.2) is 24.2 Å². The minimum atomic E-state index is -0.751. The van der Waals surface area contributed by atoms with Crippen molar-refractivity contribution >= 4 is 5.97 Å². The van der Waals surface area contributed by atoms with Gasteiger partial charge >= 0.3 is 5.97 Å². The first kappa shape index (κ1) is 13.0. The van der Waals surface area contributed by atoms with Crippen LogP contribution in [0.1, 0.15) is 30.7 Å². The molecule has 1 aromatic rings. The molecule has 0 unspecified atom stereocenters. The highest BCUT2D eigenvalue weighted by Gasteiger charge is 2.26. The van der Waals surface area contributed by atoms with Crippen LogP contribution in [0.15, 0.2) is 24.3 Å². The lowest BCUT2D eigenvalue weighted by molar-refractivity contribution is -0.137. The van der Waals surface area contributed by atoms with Gasteiger partial charge in [0.2, 0.25) is 0 Å². The van der Waals surface area contributed by atoms with Gasteiger partial charge in [-0.1, -0.05) is 12.1 Å². The van der Waals surface area contributed by atoms with Crippen molar-refractivity contribution in [1.82, 2.24) is 5.32 Å². The predicted molar refractivity (Wildman–Crippen MR) is 67.0 cm³/mol. The molecular formula is C14H18FNO2. The monoisotopic (exact) mass is 251 g/mol. The third-order valence-corrected chi connectivity index (χ3v) is 3.63. The van der Waals surface area contributed by atoms with Crippen LogP contribution in [0.3, 0.4) is 0 Å². The summed E-state index contributed by atoms with van der Waals surface area (Å²) >= 11 is 0. The molecule has 98 valence electrons. The van der Waals surface area contributed by atoms with E-state index in [9.17, 15) is 9.18 Å². The fourth-order valence-corrected chi connectivity index (χ4v) is 2.68. The Morgan fingerprint density at radius 3 is 2.78 bits per heavy atom. The largest absolute Gasteiger partial charge is 0.481 e. The molecule has 1 heterocycles. The molecule has 1 aliphatic rings. The number of hydrogen-bond acceptors (Lipinski definition) is 2. The van der Waals surface area contributed by atoms with Crippen LogP contribution in [0.4, 0.5) is 4.39 Å². The van der Waals surface area contributed by atoms with Crippen LogP contribution < -0.4 is 5.32 Å². The molecule has 0 aromatic heterocycles. The molecule has 1 aliphatic heterocycles. The maximum atomic E-state index is 12.9. The van der Waals surface area contributed by atoms with Crippen LogP contribution in [0, 0.1) is 11.7 Å². The van der Waals surface area contributed by atoms with Gasteiger partial charge in [-0.05, 0) is 55.5 Å². The summed E-state index contributed by atoms with van der Waals surface area (Å²) in [5.74, 6) is -0.320. The Balaban J connectivity index is 2.07. The summed E-state index contributed by atoms with van der Waals surface area (Å²) in [5, 5.41) is 12.1. The molecule has 18 heavy (non-hydrogen) atoms. The molecule has 3 nitrogen and oxygen atoms in total. The molecule has 1 saturated heterocycles. The normalized spacial score (nSPS) is 23.8. The fraction of sp³-hybridized carbons (Fsp3) is 0.500. The first-order valence-electron chi connectivity index (χ1n) is 6.35. The topological polar surface area (TPSA) is 49.3 Å². The van der Waals surface area contributed by atoms with E-state index in [2.05, 4.69) is 5.32 Å². The number of carboxylic acid groups (broad SMARTS) is 1. The Morgan fingerprint density at radius 2 is 2.11 bits per heavy atom. The highest BCUT2D eigenvalue weighted by molar-refractivity contribution is 5.66. The molecule has 0 saturated carbocycles. The van der Waals surface area contributed by atoms with Crippen molar-refractivity contribution < 1.29 is 14.3 Å². The number of nitrogens with one attached hydrogen (secondary N) is 1. The van der Waals surface area contributed by atoms with Gasteiger partial charge in [-0.15, -0.1) is 0 Å². The fourth-order valence-electron chi connectivity index (χ4n) is 2.68. The summed E-state index contributed by atoms with van der Waals surface area (Å²) in [4.78, 5) is 10.7. The quantitative estimate of drug-likeness (QED) is 0.863. The zero-order valence-corrected chi connectivity index (χ0v) is 10.2. The number of hydrogen-bond donors (Lipinski definition) is 2. The lowest BCUT2D eigenvalue weighted by Crippen LogP contribution is -2.35. The number of carbonyl (C=O) groups is 1. The van der Waals surface area contributed by atoms with Crippen molar-refractivity contribution in [3.8, 4) is 0 Å². The van der Waals surface area contributed by atoms with Gasteiger partial charge in [-0.3, -0.25) is 4.79 Å². The maximum absolute atomic E-state index is 12.9. The van der Waals surface area contributed by atoms with Gasteiger partial charge in [0.05, 0.1) is 0 Å². The SMILES string of the molecule is O=C(O)CC[C@@H]1CNCC[C@H]1c1ccc(F)cc1. The average Bonchev–Trinajstić information content (AvgIpc) is 2.38. The minimum absolute atomic E-state index is 0.198. The number of benzene rings is 1. The van der Waals surface area contributed by atoms with Gasteiger partial charge in [-0.25, -0.2) is 4.39 Å². The molecule has 1 fully saturated rings. The molecule has 0 aliphatic carbocycles. The summed E-state index contributed by atoms with van der Waals surface area (Å²) < 4.78 is 12.9. The van der Waals surface area contributed by atoms with Crippen LogP contribution in [0.5, 0.6) is 0 Å². The van der Waals surface area contributed by atoms with Crippen molar-refractivity contribution in [2.75, 3.05) is 13.1 Å². The van der Waals surface area contributed by atoms with Gasteiger partial charge in [0.25, 0.3) is 0 Å². The third kappa shape index (κ3) is 3.29. The maximum Gasteiger partial charge on any atom is 0.303 e. The van der Waals surface area contributed by atoms with Crippen molar-refractivity contribution in [2.24, 2.45) is 5.92 Å². The molecule has 2 rings (SSSR count). The van der Waals surface area contributed by atoms with E-state index in [-0.39, 0.29) is 12.2 Å². The van der Waals surface area contributed by atoms with Gasteiger partial charge in [0, 0.05) is 6.42 Å². The van der Waals surface area contributed by atoms with Crippen LogP contribution in [0.2, 0.25) is 0 Å². The lowest BCUT2D eigenvalue weighted by Gasteiger charge is -2.32. The van der Waals surface area contributed by atoms with Crippen LogP contribution in [0.25, 0.3) is 0 Å². The second kappa shape index (κ2) is 5.96. The van der Waals surface area contributed by atoms with Crippen LogP contribution in [-0.2, 0) is 4.79 Å². The first-order chi connectivity index (χ1) is 8.66. The van der Waals surface area contributed by atoms with Crippen molar-refractivity contribution in [2.45, 2.75) is 25.2 Å². The number of piperidine rings is 1. The van der Waals surface area contributed by atoms with Gasteiger partial charge in [0.15, 0.2) is 0 Å². The number of halogens is 1. The highest BCUT2D eigenvalue weighted by atomic mass is 19.1. The molecule has 0 radical (unpaired) electrons. The second-order valence-corrected chi connectivity index (χ2v) is 4.84. The number of carboxylic acids is 1. The summed E-state index contributed by atoms with van der Waals surface area (Å²) in [5.41, 5.74) is 1.12. The second-order valence-electron chi connectivity index (χ2n) is 4.84. The van der Waals surface area contributed by atoms with Crippen LogP contribution >= 0.6 is 0 Å². The number of rotatable bonds is 4. The Morgan fingerprint density at radius 1 is 1.39 bits per heavy atom. The zero-order chi connectivity index (χ0) is 13.0. The molecule has 0 spiro atoms. The Kier molecular flexibility index (Phi) is 4.31. The summed E-state index contributed by atoms with van der Waals surface area (Å²) in [6.07, 6.45) is 1.85. The van der Waals surface area contributed by atoms with E-state index in [1.807, 2.05) is 12.1 Å². The molecule has 2 atom stereocenters. The lowest BCUT2D eigenvalue weighted by atomic mass is 9.79. The van der Waals surface area contributed by atoms with Crippen molar-refractivity contribution in [1.29, 1.82) is 0 Å². The standard InChI is InChI=1S/C14H18FNO2/c15-12-4-1-10(2-5-12)13-7-8-16-9-11(13)3-6-14(17)18/h1-2,4-5,11,13,16H,3,6-9H2,(H,17,18)/t11-,13+/m1/s1. The van der Waals surface area contributed by atoms with E-state index < -0.39 is 5.97 Å². The Bertz CT molecular complexity index is 405. The van der Waals surface area contributed by atoms with E-state index in [1.165, 1.54) is 12.1 Å². The van der Waals surface area contributed by atoms with E-state index >= 15 is 0 Å². The van der Waals surface area contributed by atoms with Crippen molar-refractivity contribution in [3.63, 3.8) is 0 Å². The third-order valence-electron chi connectivity index (χ3n) is 3.63. The van der Waals surface area contributed by atoms with Gasteiger partial charge in [0.1, 0.15) is 5.82 Å². The van der Waals surface area contributed by atoms with Crippen molar-refractivity contribution in [3.05, 3.63) is 35.6 Å². The molecule has 0 amide bonds. The number of aliphatic carboxylic acids is 1. The van der Waals surface area contributed by atoms with E-state index in [1.54, 1.807) is 0 Å². The molecule has 1 aromatic carbocycles. The van der Waals surface area contributed by atoms with Gasteiger partial charge in [-0.2, -0.15) is 0 Å². The van der Waals surface area contributed by atoms with Gasteiger partial charge < -0.3 is 10.4 Å². The molecule has 4 heteroatoms. The Labute approximate surface area is 106 Å². The zero-order valence-electron chi connectivity index (χ0n) is 10.2. The van der Waals surface area contributed by atoms with E-state index in [0.717, 1.165) is 25.1 Å². The van der Waals surface area contributed by atoms with E-state index in [4.69, 9.17) is 5.11 Å².